The Hall–Kier alpha value is -3.03. The van der Waals surface area contributed by atoms with Gasteiger partial charge in [-0.2, -0.15) is 4.98 Å². The van der Waals surface area contributed by atoms with E-state index in [0.29, 0.717) is 10.7 Å². The zero-order chi connectivity index (χ0) is 20.6. The van der Waals surface area contributed by atoms with E-state index in [-0.39, 0.29) is 34.7 Å². The van der Waals surface area contributed by atoms with Crippen LogP contribution in [0.15, 0.2) is 70.6 Å². The third kappa shape index (κ3) is 5.97. The highest BCUT2D eigenvalue weighted by molar-refractivity contribution is 7.99. The van der Waals surface area contributed by atoms with Crippen LogP contribution < -0.4 is 10.9 Å². The van der Waals surface area contributed by atoms with E-state index in [4.69, 9.17) is 11.6 Å². The highest BCUT2D eigenvalue weighted by Gasteiger charge is 2.12. The quantitative estimate of drug-likeness (QED) is 0.389. The van der Waals surface area contributed by atoms with E-state index in [1.807, 2.05) is 36.4 Å². The van der Waals surface area contributed by atoms with Crippen molar-refractivity contribution in [1.29, 1.82) is 0 Å². The minimum absolute atomic E-state index is 0.000853. The number of benzene rings is 2. The number of nitrogens with one attached hydrogen (secondary N) is 2. The van der Waals surface area contributed by atoms with Crippen LogP contribution in [0.25, 0.3) is 6.08 Å². The molecule has 0 fully saturated rings. The van der Waals surface area contributed by atoms with Gasteiger partial charge in [0.15, 0.2) is 5.16 Å². The molecule has 0 bridgehead atoms. The van der Waals surface area contributed by atoms with Crippen LogP contribution >= 0.6 is 23.4 Å². The van der Waals surface area contributed by atoms with E-state index in [1.165, 1.54) is 0 Å². The van der Waals surface area contributed by atoms with Crippen molar-refractivity contribution in [3.05, 3.63) is 87.2 Å². The predicted octanol–water partition coefficient (Wildman–Crippen LogP) is 4.12. The molecule has 0 aliphatic heterocycles. The molecule has 0 saturated carbocycles. The monoisotopic (exact) mass is 427 g/mol. The molecule has 3 N–H and O–H groups in total. The summed E-state index contributed by atoms with van der Waals surface area (Å²) in [7, 11) is 0. The van der Waals surface area contributed by atoms with Gasteiger partial charge in [-0.3, -0.25) is 9.59 Å². The SMILES string of the molecule is O=C(CSc1nc(O)c(C/C=C/c2ccccc2)c(=O)[nH]1)Nc1ccccc1Cl. The Kier molecular flexibility index (Phi) is 7.10. The van der Waals surface area contributed by atoms with Crippen LogP contribution in [0.5, 0.6) is 5.88 Å². The molecule has 0 atom stereocenters. The smallest absolute Gasteiger partial charge is 0.258 e. The molecule has 0 aliphatic rings. The first kappa shape index (κ1) is 20.7. The van der Waals surface area contributed by atoms with Crippen LogP contribution in [-0.2, 0) is 11.2 Å². The number of amides is 1. The number of hydrogen-bond donors (Lipinski definition) is 3. The fraction of sp³-hybridized carbons (Fsp3) is 0.0952. The average Bonchev–Trinajstić information content (AvgIpc) is 2.71. The molecule has 1 heterocycles. The van der Waals surface area contributed by atoms with Gasteiger partial charge in [-0.15, -0.1) is 0 Å². The van der Waals surface area contributed by atoms with Gasteiger partial charge in [-0.25, -0.2) is 0 Å². The normalized spacial score (nSPS) is 10.9. The molecule has 0 radical (unpaired) electrons. The fourth-order valence-electron chi connectivity index (χ4n) is 2.48. The van der Waals surface area contributed by atoms with Gasteiger partial charge in [-0.05, 0) is 17.7 Å². The Balaban J connectivity index is 1.60. The number of halogens is 1. The lowest BCUT2D eigenvalue weighted by Crippen LogP contribution is -2.17. The summed E-state index contributed by atoms with van der Waals surface area (Å²) >= 11 is 7.02. The third-order valence-corrected chi connectivity index (χ3v) is 5.09. The van der Waals surface area contributed by atoms with E-state index >= 15 is 0 Å². The minimum Gasteiger partial charge on any atom is -0.493 e. The summed E-state index contributed by atoms with van der Waals surface area (Å²) < 4.78 is 0. The number of allylic oxidation sites excluding steroid dienone is 1. The molecule has 1 aromatic heterocycles. The number of anilines is 1. The van der Waals surface area contributed by atoms with Crippen molar-refractivity contribution in [3.8, 4) is 5.88 Å². The molecule has 8 heteroatoms. The summed E-state index contributed by atoms with van der Waals surface area (Å²) in [6.45, 7) is 0. The third-order valence-electron chi connectivity index (χ3n) is 3.89. The molecule has 3 aromatic rings. The van der Waals surface area contributed by atoms with Gasteiger partial charge in [0.1, 0.15) is 0 Å². The number of carbonyl (C=O) groups is 1. The van der Waals surface area contributed by atoms with Gasteiger partial charge >= 0.3 is 0 Å². The standard InChI is InChI=1S/C21H18ClN3O3S/c22-16-11-4-5-12-17(16)23-18(26)13-29-21-24-19(27)15(20(28)25-21)10-6-9-14-7-2-1-3-8-14/h1-9,11-12H,10,13H2,(H,23,26)(H2,24,25,27,28)/b9-6+. The van der Waals surface area contributed by atoms with Crippen LogP contribution in [0.2, 0.25) is 5.02 Å². The van der Waals surface area contributed by atoms with Crippen molar-refractivity contribution >= 4 is 41.0 Å². The Morgan fingerprint density at radius 3 is 2.62 bits per heavy atom. The summed E-state index contributed by atoms with van der Waals surface area (Å²) in [5, 5.41) is 13.4. The predicted molar refractivity (Wildman–Crippen MR) is 117 cm³/mol. The largest absolute Gasteiger partial charge is 0.493 e. The van der Waals surface area contributed by atoms with Crippen molar-refractivity contribution in [2.45, 2.75) is 11.6 Å². The Morgan fingerprint density at radius 1 is 1.17 bits per heavy atom. The molecule has 148 valence electrons. The molecule has 0 aliphatic carbocycles. The Bertz CT molecular complexity index is 1080. The van der Waals surface area contributed by atoms with Crippen molar-refractivity contribution < 1.29 is 9.90 Å². The first-order chi connectivity index (χ1) is 14.0. The number of H-pyrrole nitrogens is 1. The molecular weight excluding hydrogens is 410 g/mol. The lowest BCUT2D eigenvalue weighted by molar-refractivity contribution is -0.113. The molecule has 0 saturated heterocycles. The highest BCUT2D eigenvalue weighted by Crippen LogP contribution is 2.22. The van der Waals surface area contributed by atoms with Gasteiger partial charge < -0.3 is 15.4 Å². The maximum Gasteiger partial charge on any atom is 0.258 e. The summed E-state index contributed by atoms with van der Waals surface area (Å²) in [6.07, 6.45) is 3.88. The van der Waals surface area contributed by atoms with Gasteiger partial charge in [0.2, 0.25) is 11.8 Å². The number of rotatable bonds is 7. The second-order valence-corrected chi connectivity index (χ2v) is 7.38. The lowest BCUT2D eigenvalue weighted by Gasteiger charge is -2.07. The van der Waals surface area contributed by atoms with E-state index in [2.05, 4.69) is 15.3 Å². The summed E-state index contributed by atoms with van der Waals surface area (Å²) in [6, 6.07) is 16.5. The number of hydrogen-bond acceptors (Lipinski definition) is 5. The molecule has 0 spiro atoms. The van der Waals surface area contributed by atoms with E-state index in [1.54, 1.807) is 30.3 Å². The Morgan fingerprint density at radius 2 is 1.90 bits per heavy atom. The highest BCUT2D eigenvalue weighted by atomic mass is 35.5. The number of thioether (sulfide) groups is 1. The van der Waals surface area contributed by atoms with E-state index < -0.39 is 5.56 Å². The van der Waals surface area contributed by atoms with Crippen molar-refractivity contribution in [2.24, 2.45) is 0 Å². The zero-order valence-electron chi connectivity index (χ0n) is 15.3. The topological polar surface area (TPSA) is 95.1 Å². The molecule has 1 amide bonds. The minimum atomic E-state index is -0.441. The van der Waals surface area contributed by atoms with E-state index in [9.17, 15) is 14.7 Å². The van der Waals surface area contributed by atoms with Crippen molar-refractivity contribution in [3.63, 3.8) is 0 Å². The molecule has 2 aromatic carbocycles. The van der Waals surface area contributed by atoms with Crippen LogP contribution in [0.4, 0.5) is 5.69 Å². The number of nitrogens with zero attached hydrogens (tertiary/aromatic N) is 1. The molecule has 6 nitrogen and oxygen atoms in total. The molecule has 0 unspecified atom stereocenters. The van der Waals surface area contributed by atoms with E-state index in [0.717, 1.165) is 17.3 Å². The number of aromatic amines is 1. The number of para-hydroxylation sites is 1. The molecule has 29 heavy (non-hydrogen) atoms. The van der Waals surface area contributed by atoms with Crippen LogP contribution in [-0.4, -0.2) is 26.7 Å². The Labute approximate surface area is 176 Å². The second kappa shape index (κ2) is 9.95. The van der Waals surface area contributed by atoms with Crippen molar-refractivity contribution in [1.82, 2.24) is 9.97 Å². The number of aromatic nitrogens is 2. The van der Waals surface area contributed by atoms with Crippen LogP contribution in [0.3, 0.4) is 0 Å². The first-order valence-corrected chi connectivity index (χ1v) is 10.1. The lowest BCUT2D eigenvalue weighted by atomic mass is 10.1. The van der Waals surface area contributed by atoms with Crippen LogP contribution in [0, 0.1) is 0 Å². The van der Waals surface area contributed by atoms with Gasteiger partial charge in [-0.1, -0.05) is 78.0 Å². The molecular formula is C21H18ClN3O3S. The number of carbonyl (C=O) groups excluding carboxylic acids is 1. The van der Waals surface area contributed by atoms with Gasteiger partial charge in [0, 0.05) is 6.42 Å². The average molecular weight is 428 g/mol. The van der Waals surface area contributed by atoms with Gasteiger partial charge in [0.25, 0.3) is 5.56 Å². The first-order valence-electron chi connectivity index (χ1n) is 8.74. The van der Waals surface area contributed by atoms with Gasteiger partial charge in [0.05, 0.1) is 22.0 Å². The van der Waals surface area contributed by atoms with Crippen molar-refractivity contribution in [2.75, 3.05) is 11.1 Å². The fourth-order valence-corrected chi connectivity index (χ4v) is 3.32. The summed E-state index contributed by atoms with van der Waals surface area (Å²) in [4.78, 5) is 30.9. The second-order valence-electron chi connectivity index (χ2n) is 6.01. The number of aromatic hydroxyl groups is 1. The molecule has 3 rings (SSSR count). The summed E-state index contributed by atoms with van der Waals surface area (Å²) in [5.74, 6) is -0.651. The maximum absolute atomic E-state index is 12.3. The zero-order valence-corrected chi connectivity index (χ0v) is 16.8. The summed E-state index contributed by atoms with van der Waals surface area (Å²) in [5.41, 5.74) is 1.23. The maximum atomic E-state index is 12.3. The van der Waals surface area contributed by atoms with Crippen LogP contribution in [0.1, 0.15) is 11.1 Å².